The second-order valence-electron chi connectivity index (χ2n) is 6.56. The highest BCUT2D eigenvalue weighted by Crippen LogP contribution is 2.20. The Morgan fingerprint density at radius 3 is 2.42 bits per heavy atom. The molecule has 8 nitrogen and oxygen atoms in total. The SMILES string of the molecule is NC(=O)C1CCN(c2ncc(C(=O)NCCCCCCC=O)cn2)CC1. The number of aldehydes is 1. The number of nitrogens with one attached hydrogen (secondary N) is 1. The molecule has 0 atom stereocenters. The van der Waals surface area contributed by atoms with Gasteiger partial charge >= 0.3 is 0 Å². The molecule has 142 valence electrons. The van der Waals surface area contributed by atoms with E-state index in [2.05, 4.69) is 15.3 Å². The Hall–Kier alpha value is -2.51. The molecule has 3 N–H and O–H groups in total. The molecule has 2 amide bonds. The average molecular weight is 361 g/mol. The molecule has 0 saturated carbocycles. The number of carbonyl (C=O) groups excluding carboxylic acids is 3. The molecule has 1 fully saturated rings. The number of rotatable bonds is 10. The highest BCUT2D eigenvalue weighted by molar-refractivity contribution is 5.93. The smallest absolute Gasteiger partial charge is 0.254 e. The van der Waals surface area contributed by atoms with Crippen molar-refractivity contribution in [1.29, 1.82) is 0 Å². The Balaban J connectivity index is 1.72. The van der Waals surface area contributed by atoms with Crippen LogP contribution in [0, 0.1) is 5.92 Å². The zero-order valence-corrected chi connectivity index (χ0v) is 15.0. The maximum absolute atomic E-state index is 12.1. The average Bonchev–Trinajstić information content (AvgIpc) is 2.67. The first-order valence-corrected chi connectivity index (χ1v) is 9.20. The summed E-state index contributed by atoms with van der Waals surface area (Å²) in [5.74, 6) is 0.0626. The van der Waals surface area contributed by atoms with Crippen LogP contribution < -0.4 is 16.0 Å². The van der Waals surface area contributed by atoms with Crippen LogP contribution in [0.4, 0.5) is 5.95 Å². The zero-order valence-electron chi connectivity index (χ0n) is 15.0. The van der Waals surface area contributed by atoms with Crippen LogP contribution in [-0.4, -0.2) is 47.7 Å². The minimum absolute atomic E-state index is 0.0743. The molecule has 26 heavy (non-hydrogen) atoms. The lowest BCUT2D eigenvalue weighted by atomic mass is 9.96. The van der Waals surface area contributed by atoms with Gasteiger partial charge in [0.25, 0.3) is 5.91 Å². The molecular formula is C18H27N5O3. The fourth-order valence-corrected chi connectivity index (χ4v) is 2.98. The van der Waals surface area contributed by atoms with Crippen molar-refractivity contribution in [2.24, 2.45) is 11.7 Å². The lowest BCUT2D eigenvalue weighted by Gasteiger charge is -2.30. The number of amides is 2. The van der Waals surface area contributed by atoms with Crippen molar-refractivity contribution in [1.82, 2.24) is 15.3 Å². The number of hydrogen-bond donors (Lipinski definition) is 2. The number of nitrogens with two attached hydrogens (primary N) is 1. The van der Waals surface area contributed by atoms with Gasteiger partial charge in [0.1, 0.15) is 6.29 Å². The molecular weight excluding hydrogens is 334 g/mol. The van der Waals surface area contributed by atoms with Gasteiger partial charge in [-0.1, -0.05) is 12.8 Å². The summed E-state index contributed by atoms with van der Waals surface area (Å²) in [5.41, 5.74) is 5.77. The molecule has 1 saturated heterocycles. The predicted molar refractivity (Wildman–Crippen MR) is 97.6 cm³/mol. The van der Waals surface area contributed by atoms with Gasteiger partial charge in [0, 0.05) is 44.4 Å². The topological polar surface area (TPSA) is 118 Å². The molecule has 1 aliphatic rings. The van der Waals surface area contributed by atoms with Crippen LogP contribution in [0.3, 0.4) is 0 Å². The molecule has 0 unspecified atom stereocenters. The third-order valence-electron chi connectivity index (χ3n) is 4.61. The maximum atomic E-state index is 12.1. The summed E-state index contributed by atoms with van der Waals surface area (Å²) in [6.07, 6.45) is 9.79. The molecule has 0 spiro atoms. The standard InChI is InChI=1S/C18H27N5O3/c19-16(25)14-6-9-23(10-7-14)18-21-12-15(13-22-18)17(26)20-8-4-2-1-3-5-11-24/h11-14H,1-10H2,(H2,19,25)(H,20,26). The fraction of sp³-hybridized carbons (Fsp3) is 0.611. The second kappa shape index (κ2) is 10.5. The van der Waals surface area contributed by atoms with Gasteiger partial charge in [-0.25, -0.2) is 9.97 Å². The fourth-order valence-electron chi connectivity index (χ4n) is 2.98. The van der Waals surface area contributed by atoms with E-state index in [1.165, 1.54) is 12.4 Å². The third-order valence-corrected chi connectivity index (χ3v) is 4.61. The summed E-state index contributed by atoms with van der Waals surface area (Å²) in [6.45, 7) is 1.97. The van der Waals surface area contributed by atoms with Gasteiger partial charge in [0.2, 0.25) is 11.9 Å². The third kappa shape index (κ3) is 6.09. The molecule has 1 aromatic rings. The number of aromatic nitrogens is 2. The van der Waals surface area contributed by atoms with Crippen LogP contribution in [0.1, 0.15) is 55.3 Å². The Kier molecular flexibility index (Phi) is 7.98. The molecule has 0 aromatic carbocycles. The summed E-state index contributed by atoms with van der Waals surface area (Å²) < 4.78 is 0. The van der Waals surface area contributed by atoms with E-state index in [1.54, 1.807) is 0 Å². The minimum atomic E-state index is -0.249. The summed E-state index contributed by atoms with van der Waals surface area (Å²) in [5, 5.41) is 2.85. The maximum Gasteiger partial charge on any atom is 0.254 e. The Morgan fingerprint density at radius 1 is 1.15 bits per heavy atom. The molecule has 2 heterocycles. The van der Waals surface area contributed by atoms with E-state index in [1.807, 2.05) is 4.90 Å². The molecule has 0 bridgehead atoms. The Morgan fingerprint density at radius 2 is 1.81 bits per heavy atom. The van der Waals surface area contributed by atoms with Crippen LogP contribution in [0.2, 0.25) is 0 Å². The number of unbranched alkanes of at least 4 members (excludes halogenated alkanes) is 4. The minimum Gasteiger partial charge on any atom is -0.369 e. The van der Waals surface area contributed by atoms with E-state index < -0.39 is 0 Å². The van der Waals surface area contributed by atoms with Crippen molar-refractivity contribution in [3.8, 4) is 0 Å². The number of piperidine rings is 1. The number of carbonyl (C=O) groups is 3. The number of primary amides is 1. The summed E-state index contributed by atoms with van der Waals surface area (Å²) >= 11 is 0. The second-order valence-corrected chi connectivity index (χ2v) is 6.56. The lowest BCUT2D eigenvalue weighted by Crippen LogP contribution is -2.39. The zero-order chi connectivity index (χ0) is 18.8. The van der Waals surface area contributed by atoms with Gasteiger partial charge in [-0.05, 0) is 25.7 Å². The van der Waals surface area contributed by atoms with Gasteiger partial charge in [-0.2, -0.15) is 0 Å². The van der Waals surface area contributed by atoms with Crippen molar-refractivity contribution in [2.75, 3.05) is 24.5 Å². The van der Waals surface area contributed by atoms with E-state index in [0.29, 0.717) is 50.4 Å². The lowest BCUT2D eigenvalue weighted by molar-refractivity contribution is -0.122. The van der Waals surface area contributed by atoms with Crippen molar-refractivity contribution in [3.05, 3.63) is 18.0 Å². The van der Waals surface area contributed by atoms with Crippen LogP contribution in [-0.2, 0) is 9.59 Å². The van der Waals surface area contributed by atoms with E-state index in [9.17, 15) is 14.4 Å². The quantitative estimate of drug-likeness (QED) is 0.475. The van der Waals surface area contributed by atoms with Crippen LogP contribution >= 0.6 is 0 Å². The number of hydrogen-bond acceptors (Lipinski definition) is 6. The first-order chi connectivity index (χ1) is 12.6. The molecule has 0 radical (unpaired) electrons. The van der Waals surface area contributed by atoms with E-state index in [-0.39, 0.29) is 17.7 Å². The normalized spacial score (nSPS) is 14.8. The first-order valence-electron chi connectivity index (χ1n) is 9.20. The number of anilines is 1. The van der Waals surface area contributed by atoms with Crippen LogP contribution in [0.15, 0.2) is 12.4 Å². The molecule has 1 aliphatic heterocycles. The predicted octanol–water partition coefficient (Wildman–Crippen LogP) is 1.06. The highest BCUT2D eigenvalue weighted by Gasteiger charge is 2.24. The number of nitrogens with zero attached hydrogens (tertiary/aromatic N) is 3. The van der Waals surface area contributed by atoms with Gasteiger partial charge in [-0.3, -0.25) is 9.59 Å². The van der Waals surface area contributed by atoms with Gasteiger partial charge < -0.3 is 20.7 Å². The Labute approximate surface area is 153 Å². The summed E-state index contributed by atoms with van der Waals surface area (Å²) in [4.78, 5) is 44.1. The van der Waals surface area contributed by atoms with Crippen molar-refractivity contribution in [3.63, 3.8) is 0 Å². The van der Waals surface area contributed by atoms with E-state index >= 15 is 0 Å². The van der Waals surface area contributed by atoms with E-state index in [4.69, 9.17) is 5.73 Å². The largest absolute Gasteiger partial charge is 0.369 e. The van der Waals surface area contributed by atoms with Crippen molar-refractivity contribution in [2.45, 2.75) is 44.9 Å². The monoisotopic (exact) mass is 361 g/mol. The first kappa shape index (κ1) is 19.8. The van der Waals surface area contributed by atoms with E-state index in [0.717, 1.165) is 32.0 Å². The molecule has 8 heteroatoms. The summed E-state index contributed by atoms with van der Waals surface area (Å²) in [7, 11) is 0. The summed E-state index contributed by atoms with van der Waals surface area (Å²) in [6, 6.07) is 0. The highest BCUT2D eigenvalue weighted by atomic mass is 16.2. The molecule has 0 aliphatic carbocycles. The molecule has 1 aromatic heterocycles. The van der Waals surface area contributed by atoms with Crippen molar-refractivity contribution < 1.29 is 14.4 Å². The van der Waals surface area contributed by atoms with Crippen molar-refractivity contribution >= 4 is 24.0 Å². The van der Waals surface area contributed by atoms with Crippen LogP contribution in [0.25, 0.3) is 0 Å². The Bertz CT molecular complexity index is 597. The van der Waals surface area contributed by atoms with Crippen LogP contribution in [0.5, 0.6) is 0 Å². The van der Waals surface area contributed by atoms with Gasteiger partial charge in [-0.15, -0.1) is 0 Å². The molecule has 2 rings (SSSR count). The van der Waals surface area contributed by atoms with Gasteiger partial charge in [0.05, 0.1) is 5.56 Å². The van der Waals surface area contributed by atoms with Gasteiger partial charge in [0.15, 0.2) is 0 Å².